The number of aryl methyl sites for hydroxylation is 1. The van der Waals surface area contributed by atoms with Crippen LogP contribution >= 0.6 is 11.6 Å². The molecule has 0 aliphatic heterocycles. The zero-order valence-electron chi connectivity index (χ0n) is 16.5. The van der Waals surface area contributed by atoms with Crippen LogP contribution < -0.4 is 15.5 Å². The summed E-state index contributed by atoms with van der Waals surface area (Å²) in [5, 5.41) is 6.68. The summed E-state index contributed by atoms with van der Waals surface area (Å²) in [7, 11) is 0. The molecular formula is C23H18ClN3O4. The topological polar surface area (TPSA) is 96.9 Å². The number of ether oxygens (including phenoxy) is 1. The van der Waals surface area contributed by atoms with Gasteiger partial charge >= 0.3 is 17.8 Å². The van der Waals surface area contributed by atoms with Crippen molar-refractivity contribution >= 4 is 41.3 Å². The van der Waals surface area contributed by atoms with Gasteiger partial charge < -0.3 is 10.1 Å². The lowest BCUT2D eigenvalue weighted by atomic mass is 10.2. The third kappa shape index (κ3) is 6.52. The number of amides is 2. The van der Waals surface area contributed by atoms with Gasteiger partial charge in [0.15, 0.2) is 0 Å². The maximum atomic E-state index is 12.1. The number of hydrogen-bond acceptors (Lipinski definition) is 5. The SMILES string of the molecule is Cc1ccc(NC(=O)C(=O)N/N=C/c2ccc(OC(=O)c3cccc(Cl)c3)cc2)cc1. The molecule has 0 aromatic heterocycles. The van der Waals surface area contributed by atoms with Gasteiger partial charge in [0.1, 0.15) is 5.75 Å². The lowest BCUT2D eigenvalue weighted by Gasteiger charge is -2.05. The fourth-order valence-corrected chi connectivity index (χ4v) is 2.63. The number of carbonyl (C=O) groups excluding carboxylic acids is 3. The molecule has 0 heterocycles. The van der Waals surface area contributed by atoms with Gasteiger partial charge in [-0.25, -0.2) is 10.2 Å². The van der Waals surface area contributed by atoms with E-state index in [-0.39, 0.29) is 0 Å². The lowest BCUT2D eigenvalue weighted by molar-refractivity contribution is -0.136. The average Bonchev–Trinajstić information content (AvgIpc) is 2.76. The number of hydrogen-bond donors (Lipinski definition) is 2. The molecule has 31 heavy (non-hydrogen) atoms. The second-order valence-corrected chi connectivity index (χ2v) is 6.92. The fraction of sp³-hybridized carbons (Fsp3) is 0.0435. The molecule has 2 amide bonds. The molecule has 8 heteroatoms. The average molecular weight is 436 g/mol. The van der Waals surface area contributed by atoms with Crippen LogP contribution in [0, 0.1) is 6.92 Å². The fourth-order valence-electron chi connectivity index (χ4n) is 2.44. The second kappa shape index (κ2) is 10.2. The Balaban J connectivity index is 1.50. The van der Waals surface area contributed by atoms with E-state index < -0.39 is 17.8 Å². The molecule has 2 N–H and O–H groups in total. The molecule has 0 bridgehead atoms. The van der Waals surface area contributed by atoms with Crippen LogP contribution in [0.15, 0.2) is 77.9 Å². The molecule has 0 saturated carbocycles. The van der Waals surface area contributed by atoms with E-state index in [1.807, 2.05) is 19.1 Å². The van der Waals surface area contributed by atoms with E-state index in [1.54, 1.807) is 54.6 Å². The van der Waals surface area contributed by atoms with Crippen molar-refractivity contribution in [2.45, 2.75) is 6.92 Å². The lowest BCUT2D eigenvalue weighted by Crippen LogP contribution is -2.32. The van der Waals surface area contributed by atoms with Gasteiger partial charge in [-0.2, -0.15) is 5.10 Å². The molecule has 0 spiro atoms. The van der Waals surface area contributed by atoms with Crippen LogP contribution in [0.1, 0.15) is 21.5 Å². The van der Waals surface area contributed by atoms with Crippen LogP contribution in [0.25, 0.3) is 0 Å². The van der Waals surface area contributed by atoms with Gasteiger partial charge in [0.25, 0.3) is 0 Å². The minimum Gasteiger partial charge on any atom is -0.423 e. The van der Waals surface area contributed by atoms with Gasteiger partial charge in [-0.15, -0.1) is 0 Å². The number of esters is 1. The van der Waals surface area contributed by atoms with Gasteiger partial charge in [0.2, 0.25) is 0 Å². The molecule has 0 saturated heterocycles. The number of nitrogens with zero attached hydrogens (tertiary/aromatic N) is 1. The molecule has 0 atom stereocenters. The number of anilines is 1. The highest BCUT2D eigenvalue weighted by molar-refractivity contribution is 6.39. The number of hydrazone groups is 1. The Morgan fingerprint density at radius 3 is 2.32 bits per heavy atom. The maximum Gasteiger partial charge on any atom is 0.343 e. The van der Waals surface area contributed by atoms with E-state index in [9.17, 15) is 14.4 Å². The summed E-state index contributed by atoms with van der Waals surface area (Å²) in [6.07, 6.45) is 1.36. The van der Waals surface area contributed by atoms with E-state index in [4.69, 9.17) is 16.3 Å². The Hall–Kier alpha value is -3.97. The molecule has 0 aliphatic rings. The summed E-state index contributed by atoms with van der Waals surface area (Å²) in [5.74, 6) is -1.92. The predicted molar refractivity (Wildman–Crippen MR) is 118 cm³/mol. The van der Waals surface area contributed by atoms with Crippen LogP contribution in [-0.4, -0.2) is 24.0 Å². The summed E-state index contributed by atoms with van der Waals surface area (Å²) in [5.41, 5.74) is 4.67. The molecule has 0 unspecified atom stereocenters. The highest BCUT2D eigenvalue weighted by Gasteiger charge is 2.12. The maximum absolute atomic E-state index is 12.1. The second-order valence-electron chi connectivity index (χ2n) is 6.49. The summed E-state index contributed by atoms with van der Waals surface area (Å²) >= 11 is 5.87. The number of carbonyl (C=O) groups is 3. The first-order valence-electron chi connectivity index (χ1n) is 9.19. The minimum atomic E-state index is -0.899. The van der Waals surface area contributed by atoms with Crippen LogP contribution in [0.2, 0.25) is 5.02 Å². The van der Waals surface area contributed by atoms with Crippen molar-refractivity contribution in [2.24, 2.45) is 5.10 Å². The molecule has 7 nitrogen and oxygen atoms in total. The van der Waals surface area contributed by atoms with Gasteiger partial charge in [0.05, 0.1) is 11.8 Å². The molecule has 3 rings (SSSR count). The highest BCUT2D eigenvalue weighted by Crippen LogP contribution is 2.16. The summed E-state index contributed by atoms with van der Waals surface area (Å²) in [6, 6.07) is 19.9. The smallest absolute Gasteiger partial charge is 0.343 e. The van der Waals surface area contributed by atoms with Gasteiger partial charge in [-0.05, 0) is 67.1 Å². The highest BCUT2D eigenvalue weighted by atomic mass is 35.5. The van der Waals surface area contributed by atoms with Crippen molar-refractivity contribution in [3.05, 3.63) is 94.5 Å². The summed E-state index contributed by atoms with van der Waals surface area (Å²) in [6.45, 7) is 1.92. The third-order valence-corrected chi connectivity index (χ3v) is 4.28. The van der Waals surface area contributed by atoms with Crippen molar-refractivity contribution in [3.8, 4) is 5.75 Å². The van der Waals surface area contributed by atoms with Gasteiger partial charge in [0, 0.05) is 10.7 Å². The monoisotopic (exact) mass is 435 g/mol. The largest absolute Gasteiger partial charge is 0.423 e. The first-order valence-corrected chi connectivity index (χ1v) is 9.57. The molecule has 0 fully saturated rings. The van der Waals surface area contributed by atoms with Crippen molar-refractivity contribution in [2.75, 3.05) is 5.32 Å². The number of rotatable bonds is 5. The molecule has 3 aromatic carbocycles. The molecule has 3 aromatic rings. The van der Waals surface area contributed by atoms with Crippen LogP contribution in [0.4, 0.5) is 5.69 Å². The quantitative estimate of drug-likeness (QED) is 0.208. The van der Waals surface area contributed by atoms with E-state index in [0.29, 0.717) is 27.6 Å². The number of halogens is 1. The van der Waals surface area contributed by atoms with E-state index >= 15 is 0 Å². The van der Waals surface area contributed by atoms with E-state index in [0.717, 1.165) is 5.56 Å². The standard InChI is InChI=1S/C23H18ClN3O4/c1-15-5-9-19(10-6-15)26-21(28)22(29)27-25-14-16-7-11-20(12-8-16)31-23(30)17-3-2-4-18(24)13-17/h2-14H,1H3,(H,26,28)(H,27,29)/b25-14+. The molecule has 0 aliphatic carbocycles. The first-order chi connectivity index (χ1) is 14.9. The Kier molecular flexibility index (Phi) is 7.13. The van der Waals surface area contributed by atoms with Crippen molar-refractivity contribution in [1.82, 2.24) is 5.43 Å². The number of nitrogens with one attached hydrogen (secondary N) is 2. The van der Waals surface area contributed by atoms with Gasteiger partial charge in [-0.1, -0.05) is 35.4 Å². The van der Waals surface area contributed by atoms with Crippen LogP contribution in [-0.2, 0) is 9.59 Å². The normalized spacial score (nSPS) is 10.5. The predicted octanol–water partition coefficient (Wildman–Crippen LogP) is 3.96. The Morgan fingerprint density at radius 1 is 0.935 bits per heavy atom. The number of benzene rings is 3. The third-order valence-electron chi connectivity index (χ3n) is 4.05. The first kappa shape index (κ1) is 21.7. The zero-order valence-corrected chi connectivity index (χ0v) is 17.2. The minimum absolute atomic E-state index is 0.337. The van der Waals surface area contributed by atoms with E-state index in [2.05, 4.69) is 15.8 Å². The molecule has 156 valence electrons. The van der Waals surface area contributed by atoms with Crippen LogP contribution in [0.5, 0.6) is 5.75 Å². The molecule has 0 radical (unpaired) electrons. The van der Waals surface area contributed by atoms with Crippen molar-refractivity contribution in [1.29, 1.82) is 0 Å². The van der Waals surface area contributed by atoms with Gasteiger partial charge in [-0.3, -0.25) is 9.59 Å². The van der Waals surface area contributed by atoms with E-state index in [1.165, 1.54) is 12.3 Å². The van der Waals surface area contributed by atoms with Crippen molar-refractivity contribution < 1.29 is 19.1 Å². The zero-order chi connectivity index (χ0) is 22.2. The molecular weight excluding hydrogens is 418 g/mol. The Labute approximate surface area is 183 Å². The summed E-state index contributed by atoms with van der Waals surface area (Å²) in [4.78, 5) is 35.8. The Morgan fingerprint density at radius 2 is 1.65 bits per heavy atom. The van der Waals surface area contributed by atoms with Crippen LogP contribution in [0.3, 0.4) is 0 Å². The summed E-state index contributed by atoms with van der Waals surface area (Å²) < 4.78 is 5.28. The Bertz CT molecular complexity index is 1130. The van der Waals surface area contributed by atoms with Crippen molar-refractivity contribution in [3.63, 3.8) is 0 Å².